The Kier molecular flexibility index (Phi) is 4.54. The predicted molar refractivity (Wildman–Crippen MR) is 71.7 cm³/mol. The van der Waals surface area contributed by atoms with Crippen LogP contribution in [0.25, 0.3) is 0 Å². The number of aliphatic hydroxyl groups is 1. The maximum Gasteiger partial charge on any atom is 0.254 e. The Morgan fingerprint density at radius 2 is 2.25 bits per heavy atom. The molecule has 1 unspecified atom stereocenters. The SMILES string of the molecule is N/C(=N/O)c1cccc(C(=O)N2CCOC(CO)C2)c1. The summed E-state index contributed by atoms with van der Waals surface area (Å²) in [5, 5.41) is 20.7. The third-order valence-electron chi connectivity index (χ3n) is 3.14. The summed E-state index contributed by atoms with van der Waals surface area (Å²) in [4.78, 5) is 14.0. The molecule has 1 saturated heterocycles. The van der Waals surface area contributed by atoms with E-state index in [4.69, 9.17) is 20.8 Å². The highest BCUT2D eigenvalue weighted by molar-refractivity contribution is 6.01. The molecule has 108 valence electrons. The van der Waals surface area contributed by atoms with Gasteiger partial charge in [-0.3, -0.25) is 4.79 Å². The van der Waals surface area contributed by atoms with Crippen LogP contribution in [0.15, 0.2) is 29.4 Å². The van der Waals surface area contributed by atoms with E-state index in [0.29, 0.717) is 30.8 Å². The van der Waals surface area contributed by atoms with Crippen molar-refractivity contribution in [3.8, 4) is 0 Å². The van der Waals surface area contributed by atoms with E-state index in [1.165, 1.54) is 0 Å². The number of ether oxygens (including phenoxy) is 1. The lowest BCUT2D eigenvalue weighted by molar-refractivity contribution is -0.0447. The van der Waals surface area contributed by atoms with Crippen LogP contribution in [0.1, 0.15) is 15.9 Å². The summed E-state index contributed by atoms with van der Waals surface area (Å²) in [6.45, 7) is 1.11. The Morgan fingerprint density at radius 3 is 2.95 bits per heavy atom. The molecular formula is C13H17N3O4. The number of hydrogen-bond donors (Lipinski definition) is 3. The number of carbonyl (C=O) groups excluding carboxylic acids is 1. The molecule has 1 aliphatic heterocycles. The van der Waals surface area contributed by atoms with Crippen LogP contribution in [-0.2, 0) is 4.74 Å². The van der Waals surface area contributed by atoms with Gasteiger partial charge in [0.15, 0.2) is 5.84 Å². The highest BCUT2D eigenvalue weighted by atomic mass is 16.5. The fraction of sp³-hybridized carbons (Fsp3) is 0.385. The summed E-state index contributed by atoms with van der Waals surface area (Å²) in [6.07, 6.45) is -0.347. The van der Waals surface area contributed by atoms with E-state index in [1.54, 1.807) is 29.2 Å². The van der Waals surface area contributed by atoms with Crippen molar-refractivity contribution in [3.05, 3.63) is 35.4 Å². The molecule has 1 heterocycles. The van der Waals surface area contributed by atoms with Gasteiger partial charge in [-0.1, -0.05) is 17.3 Å². The van der Waals surface area contributed by atoms with Gasteiger partial charge in [0.05, 0.1) is 19.3 Å². The second-order valence-corrected chi connectivity index (χ2v) is 4.49. The zero-order chi connectivity index (χ0) is 14.5. The number of nitrogens with two attached hydrogens (primary N) is 1. The molecule has 20 heavy (non-hydrogen) atoms. The highest BCUT2D eigenvalue weighted by Gasteiger charge is 2.24. The van der Waals surface area contributed by atoms with Crippen molar-refractivity contribution in [2.75, 3.05) is 26.3 Å². The van der Waals surface area contributed by atoms with Crippen LogP contribution in [0.5, 0.6) is 0 Å². The standard InChI is InChI=1S/C13H17N3O4/c14-12(15-19)9-2-1-3-10(6-9)13(18)16-4-5-20-11(7-16)8-17/h1-3,6,11,17,19H,4-5,7-8H2,(H2,14,15). The van der Waals surface area contributed by atoms with Crippen LogP contribution in [-0.4, -0.2) is 59.4 Å². The number of rotatable bonds is 3. The number of amidine groups is 1. The molecule has 1 aromatic carbocycles. The molecule has 1 aromatic rings. The second kappa shape index (κ2) is 6.36. The normalized spacial score (nSPS) is 19.9. The molecule has 0 spiro atoms. The maximum atomic E-state index is 12.4. The Balaban J connectivity index is 2.16. The highest BCUT2D eigenvalue weighted by Crippen LogP contribution is 2.12. The van der Waals surface area contributed by atoms with Gasteiger partial charge in [-0.15, -0.1) is 0 Å². The Morgan fingerprint density at radius 1 is 1.50 bits per heavy atom. The quantitative estimate of drug-likeness (QED) is 0.302. The minimum Gasteiger partial charge on any atom is -0.409 e. The van der Waals surface area contributed by atoms with Crippen molar-refractivity contribution < 1.29 is 19.8 Å². The number of hydrogen-bond acceptors (Lipinski definition) is 5. The number of aliphatic hydroxyl groups excluding tert-OH is 1. The molecular weight excluding hydrogens is 262 g/mol. The van der Waals surface area contributed by atoms with Crippen molar-refractivity contribution >= 4 is 11.7 Å². The molecule has 1 aliphatic rings. The zero-order valence-electron chi connectivity index (χ0n) is 10.9. The van der Waals surface area contributed by atoms with Crippen molar-refractivity contribution in [2.45, 2.75) is 6.10 Å². The molecule has 4 N–H and O–H groups in total. The van der Waals surface area contributed by atoms with E-state index < -0.39 is 0 Å². The van der Waals surface area contributed by atoms with Gasteiger partial charge in [-0.2, -0.15) is 0 Å². The van der Waals surface area contributed by atoms with Crippen LogP contribution in [0.2, 0.25) is 0 Å². The van der Waals surface area contributed by atoms with Gasteiger partial charge in [-0.05, 0) is 12.1 Å². The lowest BCUT2D eigenvalue weighted by Gasteiger charge is -2.32. The average molecular weight is 279 g/mol. The average Bonchev–Trinajstić information content (AvgIpc) is 2.53. The molecule has 1 atom stereocenters. The largest absolute Gasteiger partial charge is 0.409 e. The molecule has 1 fully saturated rings. The Bertz CT molecular complexity index is 518. The van der Waals surface area contributed by atoms with Crippen molar-refractivity contribution in [2.24, 2.45) is 10.9 Å². The molecule has 0 aliphatic carbocycles. The van der Waals surface area contributed by atoms with Gasteiger partial charge in [-0.25, -0.2) is 0 Å². The minimum absolute atomic E-state index is 0.0464. The van der Waals surface area contributed by atoms with E-state index in [9.17, 15) is 4.79 Å². The lowest BCUT2D eigenvalue weighted by Crippen LogP contribution is -2.46. The summed E-state index contributed by atoms with van der Waals surface area (Å²) in [7, 11) is 0. The van der Waals surface area contributed by atoms with E-state index in [-0.39, 0.29) is 24.5 Å². The zero-order valence-corrected chi connectivity index (χ0v) is 10.9. The summed E-state index contributed by atoms with van der Waals surface area (Å²) >= 11 is 0. The molecule has 7 nitrogen and oxygen atoms in total. The first-order valence-electron chi connectivity index (χ1n) is 6.25. The summed E-state index contributed by atoms with van der Waals surface area (Å²) in [5.74, 6) is -0.214. The third-order valence-corrected chi connectivity index (χ3v) is 3.14. The van der Waals surface area contributed by atoms with Gasteiger partial charge in [0.1, 0.15) is 0 Å². The van der Waals surface area contributed by atoms with Gasteiger partial charge < -0.3 is 25.7 Å². The number of morpholine rings is 1. The van der Waals surface area contributed by atoms with Crippen molar-refractivity contribution in [1.29, 1.82) is 0 Å². The van der Waals surface area contributed by atoms with Gasteiger partial charge in [0.25, 0.3) is 5.91 Å². The van der Waals surface area contributed by atoms with E-state index in [0.717, 1.165) is 0 Å². The molecule has 0 radical (unpaired) electrons. The predicted octanol–water partition coefficient (Wildman–Crippen LogP) is -0.386. The van der Waals surface area contributed by atoms with Crippen LogP contribution in [0.4, 0.5) is 0 Å². The number of benzene rings is 1. The van der Waals surface area contributed by atoms with Gasteiger partial charge >= 0.3 is 0 Å². The molecule has 1 amide bonds. The minimum atomic E-state index is -0.347. The molecule has 0 aromatic heterocycles. The van der Waals surface area contributed by atoms with E-state index in [2.05, 4.69) is 5.16 Å². The van der Waals surface area contributed by atoms with Gasteiger partial charge in [0, 0.05) is 24.2 Å². The third kappa shape index (κ3) is 3.06. The molecule has 7 heteroatoms. The van der Waals surface area contributed by atoms with Crippen LogP contribution < -0.4 is 5.73 Å². The lowest BCUT2D eigenvalue weighted by atomic mass is 10.1. The monoisotopic (exact) mass is 279 g/mol. The smallest absolute Gasteiger partial charge is 0.254 e. The number of carbonyl (C=O) groups is 1. The number of amides is 1. The first-order chi connectivity index (χ1) is 9.65. The topological polar surface area (TPSA) is 108 Å². The number of oxime groups is 1. The van der Waals surface area contributed by atoms with Gasteiger partial charge in [0.2, 0.25) is 0 Å². The first-order valence-corrected chi connectivity index (χ1v) is 6.25. The molecule has 2 rings (SSSR count). The van der Waals surface area contributed by atoms with Crippen molar-refractivity contribution in [3.63, 3.8) is 0 Å². The first kappa shape index (κ1) is 14.3. The van der Waals surface area contributed by atoms with Crippen molar-refractivity contribution in [1.82, 2.24) is 4.90 Å². The Hall–Kier alpha value is -2.12. The fourth-order valence-corrected chi connectivity index (χ4v) is 2.07. The van der Waals surface area contributed by atoms with Crippen LogP contribution in [0, 0.1) is 0 Å². The second-order valence-electron chi connectivity index (χ2n) is 4.49. The van der Waals surface area contributed by atoms with Crippen LogP contribution >= 0.6 is 0 Å². The van der Waals surface area contributed by atoms with E-state index >= 15 is 0 Å². The summed E-state index contributed by atoms with van der Waals surface area (Å²) < 4.78 is 5.31. The summed E-state index contributed by atoms with van der Waals surface area (Å²) in [6, 6.07) is 6.56. The fourth-order valence-electron chi connectivity index (χ4n) is 2.07. The molecule has 0 saturated carbocycles. The summed E-state index contributed by atoms with van der Waals surface area (Å²) in [5.41, 5.74) is 6.44. The maximum absolute atomic E-state index is 12.4. The molecule has 0 bridgehead atoms. The number of nitrogens with zero attached hydrogens (tertiary/aromatic N) is 2. The van der Waals surface area contributed by atoms with E-state index in [1.807, 2.05) is 0 Å². The Labute approximate surface area is 116 Å². The van der Waals surface area contributed by atoms with Crippen LogP contribution in [0.3, 0.4) is 0 Å².